The largest absolute Gasteiger partial charge is 0.473 e. The van der Waals surface area contributed by atoms with Gasteiger partial charge >= 0.3 is 5.97 Å². The number of Topliss-reactive ketones (excluding diaryl/α,β-unsaturated/α-hetero) is 1. The van der Waals surface area contributed by atoms with Gasteiger partial charge in [0.1, 0.15) is 12.4 Å². The maximum Gasteiger partial charge on any atom is 0.338 e. The third-order valence-electron chi connectivity index (χ3n) is 2.66. The summed E-state index contributed by atoms with van der Waals surface area (Å²) in [6, 6.07) is 6.17. The molecular formula is C17H21NO6. The lowest BCUT2D eigenvalue weighted by atomic mass is 10.2. The first-order valence-electron chi connectivity index (χ1n) is 7.31. The summed E-state index contributed by atoms with van der Waals surface area (Å²) in [6.45, 7) is 6.95. The lowest BCUT2D eigenvalue weighted by molar-refractivity contribution is -0.124. The molecule has 0 heterocycles. The lowest BCUT2D eigenvalue weighted by Gasteiger charge is -2.08. The molecule has 1 N–H and O–H groups in total. The Morgan fingerprint density at radius 1 is 1.04 bits per heavy atom. The van der Waals surface area contributed by atoms with Crippen molar-refractivity contribution >= 4 is 23.3 Å². The second kappa shape index (κ2) is 10.2. The summed E-state index contributed by atoms with van der Waals surface area (Å²) in [4.78, 5) is 34.1. The smallest absolute Gasteiger partial charge is 0.338 e. The minimum Gasteiger partial charge on any atom is -0.473 e. The van der Waals surface area contributed by atoms with E-state index in [-0.39, 0.29) is 32.2 Å². The van der Waals surface area contributed by atoms with Crippen LogP contribution in [0.2, 0.25) is 0 Å². The Balaban J connectivity index is 2.34. The molecule has 1 aromatic carbocycles. The second-order valence-electron chi connectivity index (χ2n) is 5.01. The van der Waals surface area contributed by atoms with E-state index in [9.17, 15) is 14.4 Å². The molecule has 0 unspecified atom stereocenters. The van der Waals surface area contributed by atoms with E-state index in [4.69, 9.17) is 14.2 Å². The predicted octanol–water partition coefficient (Wildman–Crippen LogP) is 2.29. The number of hydrogen-bond acceptors (Lipinski definition) is 6. The maximum absolute atomic E-state index is 11.8. The van der Waals surface area contributed by atoms with Crippen molar-refractivity contribution in [1.29, 1.82) is 0 Å². The zero-order valence-corrected chi connectivity index (χ0v) is 13.8. The van der Waals surface area contributed by atoms with Gasteiger partial charge in [-0.05, 0) is 38.1 Å². The van der Waals surface area contributed by atoms with E-state index in [0.29, 0.717) is 17.0 Å². The third kappa shape index (κ3) is 8.09. The van der Waals surface area contributed by atoms with Crippen LogP contribution in [0.25, 0.3) is 0 Å². The molecule has 24 heavy (non-hydrogen) atoms. The van der Waals surface area contributed by atoms with Crippen molar-refractivity contribution in [2.75, 3.05) is 25.3 Å². The van der Waals surface area contributed by atoms with Gasteiger partial charge in [-0.15, -0.1) is 0 Å². The van der Waals surface area contributed by atoms with Gasteiger partial charge in [0.25, 0.3) is 0 Å². The summed E-state index contributed by atoms with van der Waals surface area (Å²) in [5.74, 6) is -0.570. The average molecular weight is 335 g/mol. The van der Waals surface area contributed by atoms with Crippen LogP contribution in [-0.2, 0) is 23.8 Å². The van der Waals surface area contributed by atoms with Gasteiger partial charge in [0, 0.05) is 5.69 Å². The van der Waals surface area contributed by atoms with E-state index in [1.807, 2.05) is 0 Å². The first-order valence-corrected chi connectivity index (χ1v) is 7.31. The van der Waals surface area contributed by atoms with E-state index in [2.05, 4.69) is 11.9 Å². The van der Waals surface area contributed by atoms with Crippen molar-refractivity contribution < 1.29 is 28.6 Å². The number of carbonyl (C=O) groups excluding carboxylic acids is 3. The summed E-state index contributed by atoms with van der Waals surface area (Å²) in [5, 5.41) is 2.56. The van der Waals surface area contributed by atoms with Crippen molar-refractivity contribution in [2.45, 2.75) is 20.3 Å². The molecule has 0 radical (unpaired) electrons. The molecule has 0 spiro atoms. The van der Waals surface area contributed by atoms with Crippen molar-refractivity contribution in [3.63, 3.8) is 0 Å². The normalized spacial score (nSPS) is 9.92. The number of ether oxygens (including phenoxy) is 3. The van der Waals surface area contributed by atoms with Crippen LogP contribution in [0.1, 0.15) is 30.6 Å². The third-order valence-corrected chi connectivity index (χ3v) is 2.66. The number of benzene rings is 1. The standard InChI is InChI=1S/C17H21NO6/c1-12(2)24-11-22-8-9-23-17(21)14-4-6-15(7-5-14)18-16(20)10-13(3)19/h4-7H,1,8-11H2,2-3H3,(H,18,20). The van der Waals surface area contributed by atoms with Crippen LogP contribution < -0.4 is 5.32 Å². The zero-order chi connectivity index (χ0) is 17.9. The molecule has 7 heteroatoms. The van der Waals surface area contributed by atoms with Crippen molar-refractivity contribution in [2.24, 2.45) is 0 Å². The van der Waals surface area contributed by atoms with E-state index in [0.717, 1.165) is 0 Å². The van der Waals surface area contributed by atoms with Crippen LogP contribution >= 0.6 is 0 Å². The highest BCUT2D eigenvalue weighted by Crippen LogP contribution is 2.11. The van der Waals surface area contributed by atoms with Crippen LogP contribution in [0.3, 0.4) is 0 Å². The monoisotopic (exact) mass is 335 g/mol. The van der Waals surface area contributed by atoms with Gasteiger partial charge in [-0.3, -0.25) is 9.59 Å². The molecule has 0 atom stereocenters. The van der Waals surface area contributed by atoms with Crippen LogP contribution in [0.15, 0.2) is 36.6 Å². The number of carbonyl (C=O) groups is 3. The highest BCUT2D eigenvalue weighted by molar-refractivity contribution is 6.03. The maximum atomic E-state index is 11.8. The fourth-order valence-electron chi connectivity index (χ4n) is 1.60. The molecule has 0 aliphatic carbocycles. The molecule has 0 bridgehead atoms. The van der Waals surface area contributed by atoms with E-state index >= 15 is 0 Å². The predicted molar refractivity (Wildman–Crippen MR) is 87.4 cm³/mol. The zero-order valence-electron chi connectivity index (χ0n) is 13.8. The molecule has 0 saturated carbocycles. The molecule has 1 rings (SSSR count). The Morgan fingerprint density at radius 2 is 1.71 bits per heavy atom. The minimum absolute atomic E-state index is 0.0571. The molecule has 1 amide bonds. The quantitative estimate of drug-likeness (QED) is 0.232. The van der Waals surface area contributed by atoms with E-state index in [1.165, 1.54) is 19.1 Å². The Labute approximate surface area is 140 Å². The Morgan fingerprint density at radius 3 is 2.29 bits per heavy atom. The number of hydrogen-bond donors (Lipinski definition) is 1. The molecule has 0 aromatic heterocycles. The molecule has 1 aromatic rings. The molecule has 7 nitrogen and oxygen atoms in total. The number of ketones is 1. The molecule has 0 aliphatic rings. The number of anilines is 1. The fourth-order valence-corrected chi connectivity index (χ4v) is 1.60. The van der Waals surface area contributed by atoms with Gasteiger partial charge in [0.2, 0.25) is 5.91 Å². The Hall–Kier alpha value is -2.67. The van der Waals surface area contributed by atoms with Gasteiger partial charge in [-0.25, -0.2) is 4.79 Å². The topological polar surface area (TPSA) is 90.9 Å². The lowest BCUT2D eigenvalue weighted by Crippen LogP contribution is -2.15. The van der Waals surface area contributed by atoms with Gasteiger partial charge in [-0.1, -0.05) is 6.58 Å². The first-order chi connectivity index (χ1) is 11.4. The van der Waals surface area contributed by atoms with Gasteiger partial charge in [-0.2, -0.15) is 0 Å². The first kappa shape index (κ1) is 19.4. The van der Waals surface area contributed by atoms with Crippen LogP contribution in [-0.4, -0.2) is 37.7 Å². The summed E-state index contributed by atoms with van der Waals surface area (Å²) in [7, 11) is 0. The Bertz CT molecular complexity index is 594. The SMILES string of the molecule is C=C(C)OCOCCOC(=O)c1ccc(NC(=O)CC(C)=O)cc1. The summed E-state index contributed by atoms with van der Waals surface area (Å²) in [5.41, 5.74) is 0.843. The summed E-state index contributed by atoms with van der Waals surface area (Å²) >= 11 is 0. The highest BCUT2D eigenvalue weighted by atomic mass is 16.7. The summed E-state index contributed by atoms with van der Waals surface area (Å²) in [6.07, 6.45) is -0.182. The second-order valence-corrected chi connectivity index (χ2v) is 5.01. The van der Waals surface area contributed by atoms with Crippen LogP contribution in [0.4, 0.5) is 5.69 Å². The van der Waals surface area contributed by atoms with Gasteiger partial charge < -0.3 is 19.5 Å². The molecule has 0 aliphatic heterocycles. The Kier molecular flexibility index (Phi) is 8.21. The van der Waals surface area contributed by atoms with Crippen LogP contribution in [0.5, 0.6) is 0 Å². The van der Waals surface area contributed by atoms with Gasteiger partial charge in [0.05, 0.1) is 24.4 Å². The molecule has 0 fully saturated rings. The number of rotatable bonds is 10. The van der Waals surface area contributed by atoms with Gasteiger partial charge in [0.15, 0.2) is 6.79 Å². The molecular weight excluding hydrogens is 314 g/mol. The van der Waals surface area contributed by atoms with Crippen molar-refractivity contribution in [1.82, 2.24) is 0 Å². The number of allylic oxidation sites excluding steroid dienone is 1. The number of nitrogens with one attached hydrogen (secondary N) is 1. The molecule has 130 valence electrons. The highest BCUT2D eigenvalue weighted by Gasteiger charge is 2.09. The van der Waals surface area contributed by atoms with Crippen LogP contribution in [0, 0.1) is 0 Å². The number of amides is 1. The summed E-state index contributed by atoms with van der Waals surface area (Å²) < 4.78 is 15.1. The van der Waals surface area contributed by atoms with E-state index in [1.54, 1.807) is 19.1 Å². The molecule has 0 saturated heterocycles. The van der Waals surface area contributed by atoms with Crippen molar-refractivity contribution in [3.05, 3.63) is 42.2 Å². The minimum atomic E-state index is -0.499. The van der Waals surface area contributed by atoms with E-state index < -0.39 is 11.9 Å². The average Bonchev–Trinajstić information content (AvgIpc) is 2.50. The van der Waals surface area contributed by atoms with Crippen molar-refractivity contribution in [3.8, 4) is 0 Å². The fraction of sp³-hybridized carbons (Fsp3) is 0.353. The number of esters is 1.